The summed E-state index contributed by atoms with van der Waals surface area (Å²) in [6.45, 7) is 1.34. The fourth-order valence-corrected chi connectivity index (χ4v) is 6.55. The van der Waals surface area contributed by atoms with Gasteiger partial charge in [-0.2, -0.15) is 0 Å². The highest BCUT2D eigenvalue weighted by Crippen LogP contribution is 2.28. The van der Waals surface area contributed by atoms with E-state index in [4.69, 9.17) is 4.74 Å². The van der Waals surface area contributed by atoms with Crippen molar-refractivity contribution < 1.29 is 19.1 Å². The summed E-state index contributed by atoms with van der Waals surface area (Å²) in [5.41, 5.74) is 1.00. The van der Waals surface area contributed by atoms with Crippen molar-refractivity contribution in [3.63, 3.8) is 0 Å². The number of hydrogen-bond donors (Lipinski definition) is 2. The van der Waals surface area contributed by atoms with Crippen molar-refractivity contribution >= 4 is 50.5 Å². The normalized spacial score (nSPS) is 16.8. The lowest BCUT2D eigenvalue weighted by Gasteiger charge is -2.34. The monoisotopic (exact) mass is 556 g/mol. The number of likely N-dealkylation sites (N-methyl/N-ethyl adjacent to an activating group) is 3. The van der Waals surface area contributed by atoms with Crippen LogP contribution in [0.5, 0.6) is 0 Å². The Bertz CT molecular complexity index is 1220. The van der Waals surface area contributed by atoms with E-state index in [1.54, 1.807) is 43.8 Å². The number of rotatable bonds is 12. The first-order valence-corrected chi connectivity index (χ1v) is 14.7. The molecule has 1 aromatic carbocycles. The summed E-state index contributed by atoms with van der Waals surface area (Å²) in [4.78, 5) is 44.1. The summed E-state index contributed by atoms with van der Waals surface area (Å²) in [6, 6.07) is 10.7. The molecule has 0 radical (unpaired) electrons. The minimum absolute atomic E-state index is 0.0966. The van der Waals surface area contributed by atoms with E-state index < -0.39 is 12.1 Å². The van der Waals surface area contributed by atoms with Gasteiger partial charge in [-0.05, 0) is 53.2 Å². The molecule has 3 amide bonds. The van der Waals surface area contributed by atoms with Crippen molar-refractivity contribution in [1.82, 2.24) is 20.4 Å². The van der Waals surface area contributed by atoms with Gasteiger partial charge in [0.1, 0.15) is 18.7 Å². The Morgan fingerprint density at radius 2 is 1.89 bits per heavy atom. The zero-order valence-corrected chi connectivity index (χ0v) is 23.8. The van der Waals surface area contributed by atoms with Gasteiger partial charge in [0.05, 0.1) is 6.61 Å². The summed E-state index contributed by atoms with van der Waals surface area (Å²) in [7, 11) is 4.87. The average molecular weight is 557 g/mol. The van der Waals surface area contributed by atoms with Crippen molar-refractivity contribution in [2.24, 2.45) is 0 Å². The molecule has 1 fully saturated rings. The maximum absolute atomic E-state index is 14.0. The lowest BCUT2D eigenvalue weighted by atomic mass is 10.0. The van der Waals surface area contributed by atoms with Crippen molar-refractivity contribution in [2.75, 3.05) is 40.9 Å². The third kappa shape index (κ3) is 6.79. The van der Waals surface area contributed by atoms with Gasteiger partial charge in [-0.1, -0.05) is 24.3 Å². The van der Waals surface area contributed by atoms with Crippen LogP contribution in [0.4, 0.5) is 0 Å². The molecule has 2 aromatic heterocycles. The van der Waals surface area contributed by atoms with E-state index in [1.807, 2.05) is 41.1 Å². The minimum Gasteiger partial charge on any atom is -0.370 e. The Morgan fingerprint density at radius 1 is 1.08 bits per heavy atom. The quantitative estimate of drug-likeness (QED) is 0.358. The van der Waals surface area contributed by atoms with E-state index >= 15 is 0 Å². The second kappa shape index (κ2) is 13.3. The predicted octanol–water partition coefficient (Wildman–Crippen LogP) is 2.92. The maximum atomic E-state index is 14.0. The molecule has 8 nitrogen and oxygen atoms in total. The van der Waals surface area contributed by atoms with E-state index in [2.05, 4.69) is 16.7 Å². The molecular formula is C28H36N4O4S2. The zero-order valence-electron chi connectivity index (χ0n) is 22.1. The number of amides is 3. The standard InChI is InChI=1S/C28H36N4O4S2/c1-29-27(34)23(15-21-9-7-13-37-21)32(3)28(35)24(14-19-18-38-25-11-5-4-10-22(19)25)31(2)26(33)17-36-16-20-8-6-12-30-20/h4-5,7,9-11,13,18,20,23-24,30H,6,8,12,14-17H2,1-3H3,(H,29,34)/t20-,23+,24+/m0/s1. The van der Waals surface area contributed by atoms with Gasteiger partial charge in [0.25, 0.3) is 0 Å². The van der Waals surface area contributed by atoms with Gasteiger partial charge in [0.15, 0.2) is 0 Å². The summed E-state index contributed by atoms with van der Waals surface area (Å²) in [5.74, 6) is -0.780. The lowest BCUT2D eigenvalue weighted by molar-refractivity contribution is -0.149. The van der Waals surface area contributed by atoms with Crippen LogP contribution >= 0.6 is 22.7 Å². The first kappa shape index (κ1) is 28.2. The van der Waals surface area contributed by atoms with E-state index in [-0.39, 0.29) is 30.4 Å². The van der Waals surface area contributed by atoms with Crippen LogP contribution in [-0.2, 0) is 32.0 Å². The van der Waals surface area contributed by atoms with Crippen LogP contribution in [0.3, 0.4) is 0 Å². The molecule has 2 N–H and O–H groups in total. The number of fused-ring (bicyclic) bond motifs is 1. The van der Waals surface area contributed by atoms with Gasteiger partial charge in [0, 0.05) is 49.6 Å². The molecular weight excluding hydrogens is 520 g/mol. The number of ether oxygens (including phenoxy) is 1. The number of hydrogen-bond acceptors (Lipinski definition) is 7. The molecule has 3 aromatic rings. The zero-order chi connectivity index (χ0) is 27.1. The highest BCUT2D eigenvalue weighted by atomic mass is 32.1. The minimum atomic E-state index is -0.783. The van der Waals surface area contributed by atoms with Gasteiger partial charge < -0.3 is 25.2 Å². The molecule has 204 valence electrons. The Kier molecular flexibility index (Phi) is 9.90. The summed E-state index contributed by atoms with van der Waals surface area (Å²) in [5, 5.41) is 11.1. The number of nitrogens with one attached hydrogen (secondary N) is 2. The van der Waals surface area contributed by atoms with Crippen LogP contribution in [0.15, 0.2) is 47.2 Å². The molecule has 3 heterocycles. The fraction of sp³-hybridized carbons (Fsp3) is 0.464. The second-order valence-electron chi connectivity index (χ2n) is 9.65. The number of carbonyl (C=O) groups is 3. The molecule has 1 aliphatic rings. The SMILES string of the molecule is CNC(=O)[C@@H](Cc1cccs1)N(C)C(=O)[C@@H](Cc1csc2ccccc12)N(C)C(=O)COC[C@@H]1CCCN1. The van der Waals surface area contributed by atoms with Crippen LogP contribution in [0, 0.1) is 0 Å². The summed E-state index contributed by atoms with van der Waals surface area (Å²) >= 11 is 3.17. The first-order chi connectivity index (χ1) is 18.4. The van der Waals surface area contributed by atoms with Crippen molar-refractivity contribution in [2.45, 2.75) is 43.8 Å². The van der Waals surface area contributed by atoms with Crippen LogP contribution in [0.25, 0.3) is 10.1 Å². The summed E-state index contributed by atoms with van der Waals surface area (Å²) in [6.07, 6.45) is 2.89. The Balaban J connectivity index is 1.55. The molecule has 4 rings (SSSR count). The van der Waals surface area contributed by atoms with Crippen molar-refractivity contribution in [3.05, 3.63) is 57.6 Å². The number of benzene rings is 1. The van der Waals surface area contributed by atoms with E-state index in [9.17, 15) is 14.4 Å². The van der Waals surface area contributed by atoms with E-state index in [0.717, 1.165) is 39.9 Å². The third-order valence-electron chi connectivity index (χ3n) is 7.17. The highest BCUT2D eigenvalue weighted by Gasteiger charge is 2.35. The molecule has 1 aliphatic heterocycles. The number of thiophene rings is 2. The van der Waals surface area contributed by atoms with Crippen molar-refractivity contribution in [1.29, 1.82) is 0 Å². The largest absolute Gasteiger partial charge is 0.370 e. The Hall–Kier alpha value is -2.79. The van der Waals surface area contributed by atoms with Gasteiger partial charge in [-0.3, -0.25) is 14.4 Å². The smallest absolute Gasteiger partial charge is 0.249 e. The van der Waals surface area contributed by atoms with E-state index in [0.29, 0.717) is 19.4 Å². The molecule has 0 spiro atoms. The number of carbonyl (C=O) groups excluding carboxylic acids is 3. The van der Waals surface area contributed by atoms with Crippen LogP contribution < -0.4 is 10.6 Å². The second-order valence-corrected chi connectivity index (χ2v) is 11.6. The molecule has 1 saturated heterocycles. The molecule has 38 heavy (non-hydrogen) atoms. The highest BCUT2D eigenvalue weighted by molar-refractivity contribution is 7.17. The number of nitrogens with zero attached hydrogens (tertiary/aromatic N) is 2. The van der Waals surface area contributed by atoms with Crippen LogP contribution in [0.1, 0.15) is 23.3 Å². The molecule has 0 unspecified atom stereocenters. The fourth-order valence-electron chi connectivity index (χ4n) is 4.83. The maximum Gasteiger partial charge on any atom is 0.249 e. The molecule has 3 atom stereocenters. The van der Waals surface area contributed by atoms with Gasteiger partial charge >= 0.3 is 0 Å². The molecule has 0 aliphatic carbocycles. The lowest BCUT2D eigenvalue weighted by Crippen LogP contribution is -2.56. The average Bonchev–Trinajstić information content (AvgIpc) is 3.72. The third-order valence-corrected chi connectivity index (χ3v) is 9.08. The summed E-state index contributed by atoms with van der Waals surface area (Å²) < 4.78 is 6.86. The predicted molar refractivity (Wildman–Crippen MR) is 153 cm³/mol. The first-order valence-electron chi connectivity index (χ1n) is 12.9. The van der Waals surface area contributed by atoms with Gasteiger partial charge in [0.2, 0.25) is 17.7 Å². The molecule has 0 bridgehead atoms. The van der Waals surface area contributed by atoms with Crippen molar-refractivity contribution in [3.8, 4) is 0 Å². The Morgan fingerprint density at radius 3 is 2.61 bits per heavy atom. The topological polar surface area (TPSA) is 91.0 Å². The van der Waals surface area contributed by atoms with Crippen LogP contribution in [0.2, 0.25) is 0 Å². The van der Waals surface area contributed by atoms with Gasteiger partial charge in [-0.15, -0.1) is 22.7 Å². The molecule has 10 heteroatoms. The molecule has 0 saturated carbocycles. The van der Waals surface area contributed by atoms with Gasteiger partial charge in [-0.25, -0.2) is 0 Å². The van der Waals surface area contributed by atoms with E-state index in [1.165, 1.54) is 9.80 Å². The van der Waals surface area contributed by atoms with Crippen LogP contribution in [-0.4, -0.2) is 86.5 Å². The Labute approximate surface area is 232 Å².